The van der Waals surface area contributed by atoms with Gasteiger partial charge >= 0.3 is 0 Å². The van der Waals surface area contributed by atoms with E-state index in [9.17, 15) is 10.2 Å². The maximum absolute atomic E-state index is 9.95. The fraction of sp³-hybridized carbons (Fsp3) is 0.600. The molecule has 0 radical (unpaired) electrons. The summed E-state index contributed by atoms with van der Waals surface area (Å²) in [5, 5.41) is 19.4. The van der Waals surface area contributed by atoms with E-state index in [0.29, 0.717) is 6.42 Å². The maximum atomic E-state index is 9.95. The van der Waals surface area contributed by atoms with Crippen LogP contribution in [0.1, 0.15) is 36.8 Å². The van der Waals surface area contributed by atoms with Crippen LogP contribution in [0.3, 0.4) is 0 Å². The van der Waals surface area contributed by atoms with Crippen molar-refractivity contribution in [3.05, 3.63) is 29.3 Å². The topological polar surface area (TPSA) is 49.7 Å². The minimum Gasteiger partial charge on any atom is -0.489 e. The fourth-order valence-corrected chi connectivity index (χ4v) is 3.49. The molecule has 1 aliphatic carbocycles. The number of fused-ring (bicyclic) bond motifs is 3. The highest BCUT2D eigenvalue weighted by atomic mass is 16.5. The summed E-state index contributed by atoms with van der Waals surface area (Å²) in [4.78, 5) is 0. The molecule has 0 saturated heterocycles. The highest BCUT2D eigenvalue weighted by molar-refractivity contribution is 5.48. The summed E-state index contributed by atoms with van der Waals surface area (Å²) in [5.41, 5.74) is 2.44. The van der Waals surface area contributed by atoms with Gasteiger partial charge in [-0.15, -0.1) is 0 Å². The molecule has 98 valence electrons. The van der Waals surface area contributed by atoms with Gasteiger partial charge in [-0.3, -0.25) is 0 Å². The van der Waals surface area contributed by atoms with E-state index in [-0.39, 0.29) is 24.5 Å². The van der Waals surface area contributed by atoms with Crippen LogP contribution >= 0.6 is 0 Å². The first-order valence-corrected chi connectivity index (χ1v) is 6.83. The molecule has 3 nitrogen and oxygen atoms in total. The van der Waals surface area contributed by atoms with E-state index in [4.69, 9.17) is 4.74 Å². The van der Waals surface area contributed by atoms with Crippen LogP contribution in [0.2, 0.25) is 0 Å². The molecule has 1 aliphatic heterocycles. The summed E-state index contributed by atoms with van der Waals surface area (Å²) in [6.45, 7) is 2.19. The number of hydrogen-bond donors (Lipinski definition) is 2. The lowest BCUT2D eigenvalue weighted by Gasteiger charge is -2.17. The lowest BCUT2D eigenvalue weighted by atomic mass is 9.87. The van der Waals surface area contributed by atoms with Gasteiger partial charge in [-0.05, 0) is 12.0 Å². The molecular formula is C15H20O3. The van der Waals surface area contributed by atoms with Gasteiger partial charge in [0.2, 0.25) is 0 Å². The molecule has 18 heavy (non-hydrogen) atoms. The van der Waals surface area contributed by atoms with Crippen molar-refractivity contribution >= 4 is 0 Å². The Balaban J connectivity index is 1.99. The summed E-state index contributed by atoms with van der Waals surface area (Å²) < 4.78 is 6.05. The number of rotatable bonds is 3. The summed E-state index contributed by atoms with van der Waals surface area (Å²) >= 11 is 0. The van der Waals surface area contributed by atoms with Crippen LogP contribution in [0, 0.1) is 5.92 Å². The lowest BCUT2D eigenvalue weighted by Crippen LogP contribution is -2.22. The zero-order valence-corrected chi connectivity index (χ0v) is 10.7. The molecule has 1 aromatic carbocycles. The molecular weight excluding hydrogens is 228 g/mol. The van der Waals surface area contributed by atoms with Gasteiger partial charge in [-0.1, -0.05) is 31.5 Å². The third-order valence-corrected chi connectivity index (χ3v) is 4.32. The normalized spacial score (nSPS) is 33.1. The summed E-state index contributed by atoms with van der Waals surface area (Å²) in [6.07, 6.45) is 2.37. The first-order valence-electron chi connectivity index (χ1n) is 6.83. The Morgan fingerprint density at radius 3 is 2.94 bits per heavy atom. The molecule has 0 spiro atoms. The van der Waals surface area contributed by atoms with E-state index in [1.165, 1.54) is 11.1 Å². The Morgan fingerprint density at radius 1 is 1.39 bits per heavy atom. The summed E-state index contributed by atoms with van der Waals surface area (Å²) in [6, 6.07) is 6.27. The third-order valence-electron chi connectivity index (χ3n) is 4.32. The first-order chi connectivity index (χ1) is 8.76. The largest absolute Gasteiger partial charge is 0.489 e. The van der Waals surface area contributed by atoms with Crippen molar-refractivity contribution in [1.29, 1.82) is 0 Å². The average Bonchev–Trinajstić information content (AvgIpc) is 2.85. The van der Waals surface area contributed by atoms with Crippen LogP contribution in [0.15, 0.2) is 18.2 Å². The fourth-order valence-electron chi connectivity index (χ4n) is 3.49. The van der Waals surface area contributed by atoms with Crippen molar-refractivity contribution < 1.29 is 14.9 Å². The van der Waals surface area contributed by atoms with Crippen LogP contribution in [0.25, 0.3) is 0 Å². The Hall–Kier alpha value is -1.06. The van der Waals surface area contributed by atoms with E-state index in [1.807, 2.05) is 0 Å². The number of aryl methyl sites for hydroxylation is 1. The van der Waals surface area contributed by atoms with E-state index in [1.54, 1.807) is 0 Å². The minimum atomic E-state index is -0.437. The Bertz CT molecular complexity index is 443. The summed E-state index contributed by atoms with van der Waals surface area (Å²) in [5.74, 6) is 1.10. The molecule has 1 heterocycles. The standard InChI is InChI=1S/C15H20O3/c1-2-4-9-5-3-6-10-14-11(8-16)12(17)7-13(14)18-15(9)10/h3,5-6,11-14,16-17H,2,4,7-8H2,1H3/t11-,12+,13-,14+/m0/s1. The van der Waals surface area contributed by atoms with Gasteiger partial charge in [0.25, 0.3) is 0 Å². The number of hydrogen-bond acceptors (Lipinski definition) is 3. The zero-order chi connectivity index (χ0) is 12.7. The monoisotopic (exact) mass is 248 g/mol. The van der Waals surface area contributed by atoms with E-state index < -0.39 is 6.10 Å². The maximum Gasteiger partial charge on any atom is 0.126 e. The van der Waals surface area contributed by atoms with Gasteiger partial charge in [0.15, 0.2) is 0 Å². The molecule has 0 amide bonds. The van der Waals surface area contributed by atoms with E-state index in [2.05, 4.69) is 25.1 Å². The molecule has 1 aromatic rings. The Morgan fingerprint density at radius 2 is 2.22 bits per heavy atom. The third kappa shape index (κ3) is 1.65. The van der Waals surface area contributed by atoms with Crippen molar-refractivity contribution in [3.63, 3.8) is 0 Å². The highest BCUT2D eigenvalue weighted by Gasteiger charge is 2.49. The van der Waals surface area contributed by atoms with Crippen LogP contribution in [0.4, 0.5) is 0 Å². The number of para-hydroxylation sites is 1. The zero-order valence-electron chi connectivity index (χ0n) is 10.7. The Kier molecular flexibility index (Phi) is 3.04. The van der Waals surface area contributed by atoms with E-state index in [0.717, 1.165) is 18.6 Å². The van der Waals surface area contributed by atoms with Crippen molar-refractivity contribution in [3.8, 4) is 5.75 Å². The van der Waals surface area contributed by atoms with E-state index >= 15 is 0 Å². The van der Waals surface area contributed by atoms with Gasteiger partial charge in [0.1, 0.15) is 11.9 Å². The molecule has 3 heteroatoms. The van der Waals surface area contributed by atoms with Crippen LogP contribution < -0.4 is 4.74 Å². The lowest BCUT2D eigenvalue weighted by molar-refractivity contribution is 0.0832. The first kappa shape index (κ1) is 12.0. The van der Waals surface area contributed by atoms with Gasteiger partial charge in [0.05, 0.1) is 6.10 Å². The second kappa shape index (κ2) is 4.56. The van der Waals surface area contributed by atoms with Gasteiger partial charge < -0.3 is 14.9 Å². The predicted octanol–water partition coefficient (Wildman–Crippen LogP) is 1.86. The molecule has 1 saturated carbocycles. The van der Waals surface area contributed by atoms with Crippen molar-refractivity contribution in [2.75, 3.05) is 6.61 Å². The molecule has 0 aromatic heterocycles. The van der Waals surface area contributed by atoms with Crippen molar-refractivity contribution in [2.24, 2.45) is 5.92 Å². The molecule has 0 bridgehead atoms. The summed E-state index contributed by atoms with van der Waals surface area (Å²) in [7, 11) is 0. The second-order valence-corrected chi connectivity index (χ2v) is 5.42. The molecule has 2 aliphatic rings. The smallest absolute Gasteiger partial charge is 0.126 e. The highest BCUT2D eigenvalue weighted by Crippen LogP contribution is 2.51. The number of ether oxygens (including phenoxy) is 1. The molecule has 1 fully saturated rings. The molecule has 4 atom stereocenters. The van der Waals surface area contributed by atoms with Crippen molar-refractivity contribution in [2.45, 2.75) is 44.3 Å². The van der Waals surface area contributed by atoms with Gasteiger partial charge in [-0.2, -0.15) is 0 Å². The van der Waals surface area contributed by atoms with Crippen molar-refractivity contribution in [1.82, 2.24) is 0 Å². The van der Waals surface area contributed by atoms with Gasteiger partial charge in [-0.25, -0.2) is 0 Å². The van der Waals surface area contributed by atoms with Gasteiger partial charge in [0, 0.05) is 30.4 Å². The predicted molar refractivity (Wildman–Crippen MR) is 68.8 cm³/mol. The Labute approximate surface area is 107 Å². The average molecular weight is 248 g/mol. The number of benzene rings is 1. The van der Waals surface area contributed by atoms with Crippen LogP contribution in [-0.4, -0.2) is 29.0 Å². The van der Waals surface area contributed by atoms with Crippen LogP contribution in [-0.2, 0) is 6.42 Å². The number of aliphatic hydroxyl groups excluding tert-OH is 2. The molecule has 3 rings (SSSR count). The SMILES string of the molecule is CCCc1cccc2c1O[C@H]1C[C@@H](O)[C@H](CO)[C@@H]21. The second-order valence-electron chi connectivity index (χ2n) is 5.42. The van der Waals surface area contributed by atoms with Crippen LogP contribution in [0.5, 0.6) is 5.75 Å². The molecule has 2 N–H and O–H groups in total. The minimum absolute atomic E-state index is 0.0309. The molecule has 0 unspecified atom stereocenters. The quantitative estimate of drug-likeness (QED) is 0.858. The number of aliphatic hydroxyl groups is 2.